The van der Waals surface area contributed by atoms with Crippen LogP contribution in [0.2, 0.25) is 5.02 Å². The number of halogens is 1. The molecule has 3 unspecified atom stereocenters. The Kier molecular flexibility index (Phi) is 3.03. The molecule has 2 N–H and O–H groups in total. The Labute approximate surface area is 95.6 Å². The molecule has 15 heavy (non-hydrogen) atoms. The van der Waals surface area contributed by atoms with E-state index < -0.39 is 0 Å². The summed E-state index contributed by atoms with van der Waals surface area (Å²) in [5.41, 5.74) is 7.27. The topological polar surface area (TPSA) is 43.8 Å². The maximum absolute atomic E-state index is 6.29. The van der Waals surface area contributed by atoms with Crippen LogP contribution < -0.4 is 5.73 Å². The Morgan fingerprint density at radius 1 is 1.60 bits per heavy atom. The average molecular weight is 228 g/mol. The van der Waals surface area contributed by atoms with Crippen molar-refractivity contribution in [3.05, 3.63) is 16.9 Å². The summed E-state index contributed by atoms with van der Waals surface area (Å²) in [4.78, 5) is 0. The van der Waals surface area contributed by atoms with Crippen molar-refractivity contribution >= 4 is 11.6 Å². The van der Waals surface area contributed by atoms with Crippen molar-refractivity contribution in [3.8, 4) is 0 Å². The van der Waals surface area contributed by atoms with E-state index in [1.165, 1.54) is 19.3 Å². The highest BCUT2D eigenvalue weighted by atomic mass is 35.5. The van der Waals surface area contributed by atoms with E-state index in [0.717, 1.165) is 5.69 Å². The molecule has 1 saturated carbocycles. The average Bonchev–Trinajstić information content (AvgIpc) is 2.73. The molecule has 1 fully saturated rings. The van der Waals surface area contributed by atoms with Gasteiger partial charge in [-0.2, -0.15) is 5.10 Å². The SMILES string of the molecule is CC1CCCC1C(N)c1c(Cl)cnn1C. The molecule has 1 heterocycles. The van der Waals surface area contributed by atoms with Crippen molar-refractivity contribution in [2.45, 2.75) is 32.2 Å². The van der Waals surface area contributed by atoms with Gasteiger partial charge in [0.1, 0.15) is 0 Å². The summed E-state index contributed by atoms with van der Waals surface area (Å²) in [6.45, 7) is 2.28. The summed E-state index contributed by atoms with van der Waals surface area (Å²) in [6.07, 6.45) is 5.46. The smallest absolute Gasteiger partial charge is 0.0834 e. The van der Waals surface area contributed by atoms with Gasteiger partial charge in [-0.1, -0.05) is 31.4 Å². The summed E-state index contributed by atoms with van der Waals surface area (Å²) in [6, 6.07) is 0.0301. The van der Waals surface area contributed by atoms with Crippen molar-refractivity contribution in [1.29, 1.82) is 0 Å². The lowest BCUT2D eigenvalue weighted by molar-refractivity contribution is 0.339. The second-order valence-electron chi connectivity index (χ2n) is 4.60. The third-order valence-corrected chi connectivity index (χ3v) is 3.93. The van der Waals surface area contributed by atoms with Gasteiger partial charge in [0, 0.05) is 7.05 Å². The number of nitrogens with zero attached hydrogens (tertiary/aromatic N) is 2. The number of hydrogen-bond donors (Lipinski definition) is 1. The lowest BCUT2D eigenvalue weighted by atomic mass is 9.89. The predicted octanol–water partition coefficient (Wildman–Crippen LogP) is 2.51. The molecule has 0 aliphatic heterocycles. The van der Waals surface area contributed by atoms with Gasteiger partial charge in [-0.25, -0.2) is 0 Å². The van der Waals surface area contributed by atoms with Crippen molar-refractivity contribution in [2.24, 2.45) is 24.6 Å². The first-order valence-corrected chi connectivity index (χ1v) is 5.92. The first-order chi connectivity index (χ1) is 7.11. The van der Waals surface area contributed by atoms with Crippen LogP contribution in [-0.4, -0.2) is 9.78 Å². The zero-order valence-electron chi connectivity index (χ0n) is 9.28. The van der Waals surface area contributed by atoms with Gasteiger partial charge in [-0.3, -0.25) is 4.68 Å². The van der Waals surface area contributed by atoms with E-state index in [1.807, 2.05) is 7.05 Å². The minimum Gasteiger partial charge on any atom is -0.322 e. The van der Waals surface area contributed by atoms with Crippen molar-refractivity contribution in [1.82, 2.24) is 9.78 Å². The fraction of sp³-hybridized carbons (Fsp3) is 0.727. The molecule has 0 spiro atoms. The molecular weight excluding hydrogens is 210 g/mol. The summed E-state index contributed by atoms with van der Waals surface area (Å²) >= 11 is 6.10. The zero-order valence-corrected chi connectivity index (χ0v) is 10.0. The molecule has 3 atom stereocenters. The van der Waals surface area contributed by atoms with Crippen LogP contribution in [0.25, 0.3) is 0 Å². The van der Waals surface area contributed by atoms with Crippen molar-refractivity contribution < 1.29 is 0 Å². The standard InChI is InChI=1S/C11H18ClN3/c1-7-4-3-5-8(7)10(13)11-9(12)6-14-15(11)2/h6-8,10H,3-5,13H2,1-2H3. The molecule has 0 saturated heterocycles. The van der Waals surface area contributed by atoms with Crippen LogP contribution in [0, 0.1) is 11.8 Å². The second kappa shape index (κ2) is 4.14. The molecule has 2 rings (SSSR count). The third-order valence-electron chi connectivity index (χ3n) is 3.64. The van der Waals surface area contributed by atoms with Gasteiger partial charge in [0.25, 0.3) is 0 Å². The Bertz CT molecular complexity index is 328. The minimum absolute atomic E-state index is 0.0301. The highest BCUT2D eigenvalue weighted by Gasteiger charge is 2.32. The Morgan fingerprint density at radius 2 is 2.33 bits per heavy atom. The molecule has 1 aromatic rings. The van der Waals surface area contributed by atoms with Crippen LogP contribution in [-0.2, 0) is 7.05 Å². The van der Waals surface area contributed by atoms with E-state index in [2.05, 4.69) is 12.0 Å². The first kappa shape index (κ1) is 11.0. The van der Waals surface area contributed by atoms with Gasteiger partial charge in [0.2, 0.25) is 0 Å². The normalized spacial score (nSPS) is 28.3. The fourth-order valence-electron chi connectivity index (χ4n) is 2.71. The molecule has 1 aliphatic carbocycles. The fourth-order valence-corrected chi connectivity index (χ4v) is 3.00. The molecule has 1 aliphatic rings. The van der Waals surface area contributed by atoms with E-state index in [0.29, 0.717) is 16.9 Å². The van der Waals surface area contributed by atoms with E-state index in [1.54, 1.807) is 10.9 Å². The van der Waals surface area contributed by atoms with E-state index >= 15 is 0 Å². The Balaban J connectivity index is 2.23. The third kappa shape index (κ3) is 1.91. The van der Waals surface area contributed by atoms with Crippen LogP contribution >= 0.6 is 11.6 Å². The largest absolute Gasteiger partial charge is 0.322 e. The number of hydrogen-bond acceptors (Lipinski definition) is 2. The Morgan fingerprint density at radius 3 is 2.80 bits per heavy atom. The number of aryl methyl sites for hydroxylation is 1. The summed E-state index contributed by atoms with van der Waals surface area (Å²) in [5, 5.41) is 4.84. The Hall–Kier alpha value is -0.540. The van der Waals surface area contributed by atoms with E-state index in [-0.39, 0.29) is 6.04 Å². The minimum atomic E-state index is 0.0301. The van der Waals surface area contributed by atoms with E-state index in [4.69, 9.17) is 17.3 Å². The van der Waals surface area contributed by atoms with Crippen LogP contribution in [0.4, 0.5) is 0 Å². The number of aromatic nitrogens is 2. The highest BCUT2D eigenvalue weighted by Crippen LogP contribution is 2.40. The maximum atomic E-state index is 6.29. The summed E-state index contributed by atoms with van der Waals surface area (Å²) < 4.78 is 1.80. The van der Waals surface area contributed by atoms with E-state index in [9.17, 15) is 0 Å². The maximum Gasteiger partial charge on any atom is 0.0834 e. The van der Waals surface area contributed by atoms with Crippen LogP contribution in [0.1, 0.15) is 37.9 Å². The first-order valence-electron chi connectivity index (χ1n) is 5.54. The molecular formula is C11H18ClN3. The quantitative estimate of drug-likeness (QED) is 0.844. The van der Waals surface area contributed by atoms with Gasteiger partial charge in [0.05, 0.1) is 23.0 Å². The van der Waals surface area contributed by atoms with Gasteiger partial charge in [-0.15, -0.1) is 0 Å². The summed E-state index contributed by atoms with van der Waals surface area (Å²) in [7, 11) is 1.90. The van der Waals surface area contributed by atoms with Gasteiger partial charge in [-0.05, 0) is 18.3 Å². The number of nitrogens with two attached hydrogens (primary N) is 1. The number of rotatable bonds is 2. The molecule has 4 heteroatoms. The molecule has 0 bridgehead atoms. The summed E-state index contributed by atoms with van der Waals surface area (Å²) in [5.74, 6) is 1.25. The molecule has 0 radical (unpaired) electrons. The molecule has 84 valence electrons. The highest BCUT2D eigenvalue weighted by molar-refractivity contribution is 6.31. The molecule has 0 aromatic carbocycles. The van der Waals surface area contributed by atoms with Crippen LogP contribution in [0.5, 0.6) is 0 Å². The van der Waals surface area contributed by atoms with Crippen molar-refractivity contribution in [2.75, 3.05) is 0 Å². The van der Waals surface area contributed by atoms with Gasteiger partial charge in [0.15, 0.2) is 0 Å². The zero-order chi connectivity index (χ0) is 11.0. The molecule has 1 aromatic heterocycles. The lowest BCUT2D eigenvalue weighted by Gasteiger charge is -2.23. The van der Waals surface area contributed by atoms with Crippen LogP contribution in [0.3, 0.4) is 0 Å². The van der Waals surface area contributed by atoms with Crippen LogP contribution in [0.15, 0.2) is 6.20 Å². The van der Waals surface area contributed by atoms with Gasteiger partial charge >= 0.3 is 0 Å². The second-order valence-corrected chi connectivity index (χ2v) is 5.01. The lowest BCUT2D eigenvalue weighted by Crippen LogP contribution is -2.25. The van der Waals surface area contributed by atoms with Crippen molar-refractivity contribution in [3.63, 3.8) is 0 Å². The molecule has 0 amide bonds. The predicted molar refractivity (Wildman–Crippen MR) is 61.7 cm³/mol. The van der Waals surface area contributed by atoms with Gasteiger partial charge < -0.3 is 5.73 Å². The monoisotopic (exact) mass is 227 g/mol. The molecule has 3 nitrogen and oxygen atoms in total.